The van der Waals surface area contributed by atoms with Gasteiger partial charge in [0.05, 0.1) is 23.0 Å². The Bertz CT molecular complexity index is 866. The topological polar surface area (TPSA) is 67.8 Å². The molecule has 6 heteroatoms. The zero-order valence-corrected chi connectivity index (χ0v) is 15.7. The van der Waals surface area contributed by atoms with Crippen molar-refractivity contribution in [3.8, 4) is 5.75 Å². The van der Waals surface area contributed by atoms with Crippen LogP contribution in [0.2, 0.25) is 0 Å². The number of amides is 2. The van der Waals surface area contributed by atoms with E-state index in [2.05, 4.69) is 10.3 Å². The Labute approximate surface area is 156 Å². The fraction of sp³-hybridized carbons (Fsp3) is 0.250. The minimum atomic E-state index is -0.292. The Balaban J connectivity index is 1.83. The van der Waals surface area contributed by atoms with E-state index in [9.17, 15) is 9.59 Å². The molecule has 0 fully saturated rings. The SMILES string of the molecule is COc1cccc(/C=C2/SC3C=CC(C(=O)NC(C)C)=CC3=NC2=O)c1. The first-order chi connectivity index (χ1) is 12.5. The maximum absolute atomic E-state index is 12.4. The molecule has 1 atom stereocenters. The Morgan fingerprint density at radius 1 is 1.38 bits per heavy atom. The molecule has 0 spiro atoms. The monoisotopic (exact) mass is 368 g/mol. The van der Waals surface area contributed by atoms with Gasteiger partial charge in [-0.1, -0.05) is 24.3 Å². The molecule has 26 heavy (non-hydrogen) atoms. The number of carbonyl (C=O) groups is 2. The van der Waals surface area contributed by atoms with Gasteiger partial charge in [-0.2, -0.15) is 0 Å². The van der Waals surface area contributed by atoms with Crippen LogP contribution in [0.3, 0.4) is 0 Å². The van der Waals surface area contributed by atoms with E-state index in [-0.39, 0.29) is 23.1 Å². The summed E-state index contributed by atoms with van der Waals surface area (Å²) >= 11 is 1.44. The molecule has 1 aliphatic heterocycles. The van der Waals surface area contributed by atoms with Crippen molar-refractivity contribution in [1.29, 1.82) is 0 Å². The Morgan fingerprint density at radius 2 is 2.19 bits per heavy atom. The van der Waals surface area contributed by atoms with Gasteiger partial charge in [0.25, 0.3) is 11.8 Å². The van der Waals surface area contributed by atoms with E-state index in [1.54, 1.807) is 19.3 Å². The van der Waals surface area contributed by atoms with E-state index in [1.165, 1.54) is 11.8 Å². The molecule has 0 radical (unpaired) electrons. The first-order valence-electron chi connectivity index (χ1n) is 8.32. The first-order valence-corrected chi connectivity index (χ1v) is 9.20. The molecule has 2 amide bonds. The number of rotatable bonds is 4. The average Bonchev–Trinajstić information content (AvgIpc) is 2.61. The van der Waals surface area contributed by atoms with E-state index in [1.807, 2.05) is 50.3 Å². The van der Waals surface area contributed by atoms with E-state index >= 15 is 0 Å². The highest BCUT2D eigenvalue weighted by Gasteiger charge is 2.28. The van der Waals surface area contributed by atoms with E-state index in [4.69, 9.17) is 4.74 Å². The van der Waals surface area contributed by atoms with Gasteiger partial charge in [0, 0.05) is 11.6 Å². The smallest absolute Gasteiger partial charge is 0.283 e. The van der Waals surface area contributed by atoms with Crippen molar-refractivity contribution in [2.45, 2.75) is 25.1 Å². The van der Waals surface area contributed by atoms with Gasteiger partial charge in [0.1, 0.15) is 5.75 Å². The van der Waals surface area contributed by atoms with Crippen LogP contribution in [0.15, 0.2) is 58.0 Å². The first kappa shape index (κ1) is 18.2. The summed E-state index contributed by atoms with van der Waals surface area (Å²) in [4.78, 5) is 29.3. The lowest BCUT2D eigenvalue weighted by Crippen LogP contribution is -2.33. The van der Waals surface area contributed by atoms with Gasteiger partial charge >= 0.3 is 0 Å². The van der Waals surface area contributed by atoms with E-state index < -0.39 is 0 Å². The number of ether oxygens (including phenoxy) is 1. The van der Waals surface area contributed by atoms with Crippen LogP contribution >= 0.6 is 11.8 Å². The third-order valence-electron chi connectivity index (χ3n) is 3.81. The van der Waals surface area contributed by atoms with Gasteiger partial charge in [-0.3, -0.25) is 9.59 Å². The van der Waals surface area contributed by atoms with Gasteiger partial charge in [-0.05, 0) is 43.7 Å². The second kappa shape index (κ2) is 7.74. The van der Waals surface area contributed by atoms with Crippen molar-refractivity contribution in [2.75, 3.05) is 7.11 Å². The minimum absolute atomic E-state index is 0.0521. The molecule has 1 aliphatic carbocycles. The highest BCUT2D eigenvalue weighted by atomic mass is 32.2. The summed E-state index contributed by atoms with van der Waals surface area (Å²) in [5.74, 6) is 0.282. The molecule has 1 aromatic carbocycles. The predicted octanol–water partition coefficient (Wildman–Crippen LogP) is 3.14. The number of carbonyl (C=O) groups excluding carboxylic acids is 2. The summed E-state index contributed by atoms with van der Waals surface area (Å²) in [6.45, 7) is 3.81. The zero-order valence-electron chi connectivity index (χ0n) is 14.9. The summed E-state index contributed by atoms with van der Waals surface area (Å²) in [7, 11) is 1.61. The average molecular weight is 368 g/mol. The lowest BCUT2D eigenvalue weighted by atomic mass is 10.0. The highest BCUT2D eigenvalue weighted by molar-refractivity contribution is 8.05. The number of benzene rings is 1. The zero-order chi connectivity index (χ0) is 18.7. The largest absolute Gasteiger partial charge is 0.497 e. The minimum Gasteiger partial charge on any atom is -0.497 e. The van der Waals surface area contributed by atoms with Crippen LogP contribution in [0.1, 0.15) is 19.4 Å². The standard InChI is InChI=1S/C20H20N2O3S/c1-12(2)21-19(23)14-7-8-17-16(11-14)22-20(24)18(26-17)10-13-5-4-6-15(9-13)25-3/h4-12,17H,1-3H3,(H,21,23)/b18-10+. The summed E-state index contributed by atoms with van der Waals surface area (Å²) in [6, 6.07) is 7.56. The fourth-order valence-electron chi connectivity index (χ4n) is 2.60. The molecule has 1 heterocycles. The molecule has 134 valence electrons. The van der Waals surface area contributed by atoms with Crippen LogP contribution in [0.5, 0.6) is 5.75 Å². The number of hydrogen-bond donors (Lipinski definition) is 1. The van der Waals surface area contributed by atoms with Crippen molar-refractivity contribution >= 4 is 35.4 Å². The highest BCUT2D eigenvalue weighted by Crippen LogP contribution is 2.34. The molecule has 0 aromatic heterocycles. The van der Waals surface area contributed by atoms with Crippen LogP contribution in [-0.2, 0) is 9.59 Å². The molecule has 0 saturated carbocycles. The van der Waals surface area contributed by atoms with Crippen LogP contribution in [0.25, 0.3) is 6.08 Å². The lowest BCUT2D eigenvalue weighted by molar-refractivity contribution is -0.117. The third kappa shape index (κ3) is 4.14. The maximum atomic E-state index is 12.4. The van der Waals surface area contributed by atoms with Crippen LogP contribution in [-0.4, -0.2) is 35.9 Å². The lowest BCUT2D eigenvalue weighted by Gasteiger charge is -2.22. The predicted molar refractivity (Wildman–Crippen MR) is 105 cm³/mol. The molecule has 1 N–H and O–H groups in total. The molecule has 5 nitrogen and oxygen atoms in total. The Kier molecular flexibility index (Phi) is 5.42. The number of nitrogens with zero attached hydrogens (tertiary/aromatic N) is 1. The van der Waals surface area contributed by atoms with Gasteiger partial charge < -0.3 is 10.1 Å². The Hall–Kier alpha value is -2.60. The molecule has 1 aromatic rings. The van der Waals surface area contributed by atoms with Gasteiger partial charge in [-0.15, -0.1) is 11.8 Å². The van der Waals surface area contributed by atoms with Gasteiger partial charge in [0.2, 0.25) is 0 Å². The molecule has 2 aliphatic rings. The molecular weight excluding hydrogens is 348 g/mol. The summed E-state index contributed by atoms with van der Waals surface area (Å²) < 4.78 is 5.21. The van der Waals surface area contributed by atoms with Crippen molar-refractivity contribution in [2.24, 2.45) is 4.99 Å². The van der Waals surface area contributed by atoms with Crippen LogP contribution in [0.4, 0.5) is 0 Å². The maximum Gasteiger partial charge on any atom is 0.283 e. The molecule has 1 unspecified atom stereocenters. The summed E-state index contributed by atoms with van der Waals surface area (Å²) in [5.41, 5.74) is 2.01. The van der Waals surface area contributed by atoms with E-state index in [0.29, 0.717) is 16.2 Å². The molecule has 0 bridgehead atoms. The summed E-state index contributed by atoms with van der Waals surface area (Å²) in [6.07, 6.45) is 7.20. The van der Waals surface area contributed by atoms with Crippen molar-refractivity contribution in [3.63, 3.8) is 0 Å². The second-order valence-corrected chi connectivity index (χ2v) is 7.44. The molecule has 3 rings (SSSR count). The quantitative estimate of drug-likeness (QED) is 0.829. The fourth-order valence-corrected chi connectivity index (χ4v) is 3.62. The second-order valence-electron chi connectivity index (χ2n) is 6.25. The molecular formula is C20H20N2O3S. The van der Waals surface area contributed by atoms with E-state index in [0.717, 1.165) is 11.3 Å². The van der Waals surface area contributed by atoms with Crippen LogP contribution in [0, 0.1) is 0 Å². The Morgan fingerprint density at radius 3 is 2.92 bits per heavy atom. The number of allylic oxidation sites excluding steroid dienone is 1. The number of fused-ring (bicyclic) bond motifs is 1. The number of aliphatic imine (C=N–C) groups is 1. The number of methoxy groups -OCH3 is 1. The molecule has 0 saturated heterocycles. The number of hydrogen-bond acceptors (Lipinski definition) is 4. The van der Waals surface area contributed by atoms with Gasteiger partial charge in [-0.25, -0.2) is 4.99 Å². The summed E-state index contributed by atoms with van der Waals surface area (Å²) in [5, 5.41) is 2.77. The van der Waals surface area contributed by atoms with Crippen molar-refractivity contribution in [3.05, 3.63) is 58.5 Å². The number of thioether (sulfide) groups is 1. The normalized spacial score (nSPS) is 20.5. The van der Waals surface area contributed by atoms with Gasteiger partial charge in [0.15, 0.2) is 0 Å². The third-order valence-corrected chi connectivity index (χ3v) is 5.01. The van der Waals surface area contributed by atoms with Crippen molar-refractivity contribution in [1.82, 2.24) is 5.32 Å². The van der Waals surface area contributed by atoms with Crippen LogP contribution < -0.4 is 10.1 Å². The number of nitrogens with one attached hydrogen (secondary N) is 1. The van der Waals surface area contributed by atoms with Crippen molar-refractivity contribution < 1.29 is 14.3 Å².